The zero-order valence-electron chi connectivity index (χ0n) is 11.2. The van der Waals surface area contributed by atoms with Gasteiger partial charge in [0.1, 0.15) is 0 Å². The molecule has 0 radical (unpaired) electrons. The molecule has 0 bridgehead atoms. The van der Waals surface area contributed by atoms with Crippen molar-refractivity contribution in [1.82, 2.24) is 9.97 Å². The second-order valence-corrected chi connectivity index (χ2v) is 5.42. The molecule has 1 N–H and O–H groups in total. The lowest BCUT2D eigenvalue weighted by atomic mass is 10.2. The first-order valence-electron chi connectivity index (χ1n) is 6.49. The van der Waals surface area contributed by atoms with Crippen LogP contribution in [0.2, 0.25) is 0 Å². The molecule has 0 saturated carbocycles. The molecule has 2 heterocycles. The summed E-state index contributed by atoms with van der Waals surface area (Å²) >= 11 is 1.49. The number of hydrogen-bond acceptors (Lipinski definition) is 4. The second kappa shape index (κ2) is 6.37. The van der Waals surface area contributed by atoms with E-state index in [9.17, 15) is 4.79 Å². The molecule has 4 nitrogen and oxygen atoms in total. The molecule has 3 rings (SSSR count). The van der Waals surface area contributed by atoms with Gasteiger partial charge in [0.2, 0.25) is 5.91 Å². The lowest BCUT2D eigenvalue weighted by Crippen LogP contribution is -2.13. The molecule has 0 aliphatic carbocycles. The van der Waals surface area contributed by atoms with Crippen LogP contribution >= 0.6 is 11.8 Å². The van der Waals surface area contributed by atoms with Gasteiger partial charge in [-0.2, -0.15) is 0 Å². The van der Waals surface area contributed by atoms with Crippen LogP contribution in [0.15, 0.2) is 66.0 Å². The van der Waals surface area contributed by atoms with Crippen LogP contribution in [0.4, 0.5) is 5.69 Å². The molecule has 21 heavy (non-hydrogen) atoms. The number of amides is 1. The number of para-hydroxylation sites is 1. The van der Waals surface area contributed by atoms with Crippen molar-refractivity contribution in [2.45, 2.75) is 4.90 Å². The fraction of sp³-hybridized carbons (Fsp3) is 0.0625. The van der Waals surface area contributed by atoms with E-state index in [0.717, 1.165) is 21.5 Å². The van der Waals surface area contributed by atoms with Crippen LogP contribution in [0, 0.1) is 0 Å². The number of fused-ring (bicyclic) bond motifs is 1. The molecule has 1 amide bonds. The minimum absolute atomic E-state index is 0.0425. The molecular formula is C16H13N3OS. The number of carbonyl (C=O) groups excluding carboxylic acids is 1. The molecule has 1 aromatic carbocycles. The minimum atomic E-state index is -0.0425. The number of nitrogens with zero attached hydrogens (tertiary/aromatic N) is 2. The van der Waals surface area contributed by atoms with Gasteiger partial charge < -0.3 is 5.32 Å². The summed E-state index contributed by atoms with van der Waals surface area (Å²) in [4.78, 5) is 21.3. The number of thioether (sulfide) groups is 1. The number of rotatable bonds is 4. The highest BCUT2D eigenvalue weighted by molar-refractivity contribution is 8.00. The molecule has 3 aromatic rings. The number of nitrogens with one attached hydrogen (secondary N) is 1. The van der Waals surface area contributed by atoms with Gasteiger partial charge in [0.15, 0.2) is 0 Å². The maximum Gasteiger partial charge on any atom is 0.234 e. The molecule has 0 fully saturated rings. The Bertz CT molecular complexity index is 756. The zero-order chi connectivity index (χ0) is 14.5. The summed E-state index contributed by atoms with van der Waals surface area (Å²) in [6.45, 7) is 0. The summed E-state index contributed by atoms with van der Waals surface area (Å²) in [5.74, 6) is 0.303. The maximum absolute atomic E-state index is 11.9. The highest BCUT2D eigenvalue weighted by Crippen LogP contribution is 2.26. The van der Waals surface area contributed by atoms with Gasteiger partial charge in [-0.3, -0.25) is 14.8 Å². The molecule has 5 heteroatoms. The fourth-order valence-electron chi connectivity index (χ4n) is 1.97. The molecule has 0 saturated heterocycles. The first-order valence-corrected chi connectivity index (χ1v) is 7.48. The van der Waals surface area contributed by atoms with E-state index >= 15 is 0 Å². The van der Waals surface area contributed by atoms with Gasteiger partial charge in [0.05, 0.1) is 11.3 Å². The van der Waals surface area contributed by atoms with Gasteiger partial charge in [-0.15, -0.1) is 11.8 Å². The van der Waals surface area contributed by atoms with E-state index in [2.05, 4.69) is 15.3 Å². The average molecular weight is 295 g/mol. The van der Waals surface area contributed by atoms with Crippen molar-refractivity contribution in [2.75, 3.05) is 11.1 Å². The quantitative estimate of drug-likeness (QED) is 0.750. The summed E-state index contributed by atoms with van der Waals surface area (Å²) in [5, 5.41) is 3.92. The highest BCUT2D eigenvalue weighted by atomic mass is 32.2. The molecular weight excluding hydrogens is 282 g/mol. The van der Waals surface area contributed by atoms with Crippen molar-refractivity contribution >= 4 is 34.3 Å². The Labute approximate surface area is 126 Å². The van der Waals surface area contributed by atoms with Gasteiger partial charge in [-0.1, -0.05) is 18.2 Å². The van der Waals surface area contributed by atoms with E-state index < -0.39 is 0 Å². The molecule has 0 atom stereocenters. The standard InChI is InChI=1S/C16H13N3OS/c20-15(19-13-6-9-17-10-7-13)11-21-14-5-1-3-12-4-2-8-18-16(12)14/h1-10H,11H2,(H,17,19,20). The lowest BCUT2D eigenvalue weighted by molar-refractivity contribution is -0.113. The summed E-state index contributed by atoms with van der Waals surface area (Å²) in [6.07, 6.45) is 5.07. The lowest BCUT2D eigenvalue weighted by Gasteiger charge is -2.06. The third-order valence-corrected chi connectivity index (χ3v) is 3.97. The van der Waals surface area contributed by atoms with Crippen molar-refractivity contribution in [2.24, 2.45) is 0 Å². The summed E-state index contributed by atoms with van der Waals surface area (Å²) in [5.41, 5.74) is 1.69. The maximum atomic E-state index is 11.9. The summed E-state index contributed by atoms with van der Waals surface area (Å²) in [7, 11) is 0. The van der Waals surface area contributed by atoms with Crippen molar-refractivity contribution in [3.8, 4) is 0 Å². The zero-order valence-corrected chi connectivity index (χ0v) is 12.0. The number of pyridine rings is 2. The Morgan fingerprint density at radius 3 is 2.71 bits per heavy atom. The number of aromatic nitrogens is 2. The highest BCUT2D eigenvalue weighted by Gasteiger charge is 2.06. The first-order chi connectivity index (χ1) is 10.3. The smallest absolute Gasteiger partial charge is 0.234 e. The average Bonchev–Trinajstić information content (AvgIpc) is 2.54. The predicted molar refractivity (Wildman–Crippen MR) is 85.3 cm³/mol. The van der Waals surface area contributed by atoms with Crippen LogP contribution < -0.4 is 5.32 Å². The van der Waals surface area contributed by atoms with Crippen molar-refractivity contribution in [3.63, 3.8) is 0 Å². The van der Waals surface area contributed by atoms with Gasteiger partial charge in [0, 0.05) is 34.6 Å². The van der Waals surface area contributed by atoms with Gasteiger partial charge >= 0.3 is 0 Å². The summed E-state index contributed by atoms with van der Waals surface area (Å²) < 4.78 is 0. The van der Waals surface area contributed by atoms with E-state index in [1.807, 2.05) is 30.3 Å². The first kappa shape index (κ1) is 13.6. The largest absolute Gasteiger partial charge is 0.325 e. The Morgan fingerprint density at radius 2 is 1.86 bits per heavy atom. The van der Waals surface area contributed by atoms with E-state index in [-0.39, 0.29) is 5.91 Å². The molecule has 0 aliphatic rings. The Hall–Kier alpha value is -2.40. The van der Waals surface area contributed by atoms with Crippen molar-refractivity contribution < 1.29 is 4.79 Å². The Morgan fingerprint density at radius 1 is 1.05 bits per heavy atom. The van der Waals surface area contributed by atoms with Crippen LogP contribution in [-0.4, -0.2) is 21.6 Å². The van der Waals surface area contributed by atoms with Crippen LogP contribution in [0.5, 0.6) is 0 Å². The van der Waals surface area contributed by atoms with Crippen molar-refractivity contribution in [3.05, 3.63) is 61.1 Å². The third-order valence-electron chi connectivity index (χ3n) is 2.92. The van der Waals surface area contributed by atoms with Crippen LogP contribution in [-0.2, 0) is 4.79 Å². The molecule has 0 aliphatic heterocycles. The van der Waals surface area contributed by atoms with E-state index in [1.54, 1.807) is 30.7 Å². The number of anilines is 1. The number of benzene rings is 1. The Kier molecular flexibility index (Phi) is 4.12. The monoisotopic (exact) mass is 295 g/mol. The predicted octanol–water partition coefficient (Wildman–Crippen LogP) is 3.36. The van der Waals surface area contributed by atoms with E-state index in [0.29, 0.717) is 5.75 Å². The Balaban J connectivity index is 1.68. The second-order valence-electron chi connectivity index (χ2n) is 4.40. The molecule has 2 aromatic heterocycles. The van der Waals surface area contributed by atoms with Crippen LogP contribution in [0.25, 0.3) is 10.9 Å². The molecule has 0 spiro atoms. The van der Waals surface area contributed by atoms with Gasteiger partial charge in [-0.25, -0.2) is 0 Å². The normalized spacial score (nSPS) is 10.5. The fourth-order valence-corrected chi connectivity index (χ4v) is 2.81. The minimum Gasteiger partial charge on any atom is -0.325 e. The third kappa shape index (κ3) is 3.38. The van der Waals surface area contributed by atoms with Gasteiger partial charge in [0.25, 0.3) is 0 Å². The topological polar surface area (TPSA) is 54.9 Å². The van der Waals surface area contributed by atoms with E-state index in [4.69, 9.17) is 0 Å². The SMILES string of the molecule is O=C(CSc1cccc2cccnc12)Nc1ccncc1. The van der Waals surface area contributed by atoms with Crippen molar-refractivity contribution in [1.29, 1.82) is 0 Å². The number of hydrogen-bond donors (Lipinski definition) is 1. The van der Waals surface area contributed by atoms with Crippen LogP contribution in [0.1, 0.15) is 0 Å². The number of carbonyl (C=O) groups is 1. The van der Waals surface area contributed by atoms with Crippen LogP contribution in [0.3, 0.4) is 0 Å². The summed E-state index contributed by atoms with van der Waals surface area (Å²) in [6, 6.07) is 13.4. The van der Waals surface area contributed by atoms with E-state index in [1.165, 1.54) is 11.8 Å². The van der Waals surface area contributed by atoms with Gasteiger partial charge in [-0.05, 0) is 24.3 Å². The molecule has 0 unspecified atom stereocenters. The molecule has 104 valence electrons.